The second-order valence-electron chi connectivity index (χ2n) is 6.93. The summed E-state index contributed by atoms with van der Waals surface area (Å²) in [6, 6.07) is 15.9. The van der Waals surface area contributed by atoms with Crippen LogP contribution in [0, 0.1) is 6.92 Å². The van der Waals surface area contributed by atoms with Gasteiger partial charge in [0.05, 0.1) is 22.9 Å². The van der Waals surface area contributed by atoms with Gasteiger partial charge < -0.3 is 10.1 Å². The quantitative estimate of drug-likeness (QED) is 0.648. The van der Waals surface area contributed by atoms with Crippen molar-refractivity contribution < 1.29 is 9.53 Å². The SMILES string of the molecule is Cc1ccc2nc(-c3cccc(Br)c3)cc(C(=O)NC[C@H]3CCCO3)c2c1. The molecule has 0 bridgehead atoms. The summed E-state index contributed by atoms with van der Waals surface area (Å²) in [5, 5.41) is 3.92. The number of rotatable bonds is 4. The van der Waals surface area contributed by atoms with E-state index in [0.29, 0.717) is 12.1 Å². The topological polar surface area (TPSA) is 51.2 Å². The highest BCUT2D eigenvalue weighted by molar-refractivity contribution is 9.10. The third-order valence-corrected chi connectivity index (χ3v) is 5.34. The number of carbonyl (C=O) groups is 1. The third-order valence-electron chi connectivity index (χ3n) is 4.84. The molecule has 2 heterocycles. The van der Waals surface area contributed by atoms with Gasteiger partial charge in [-0.05, 0) is 50.1 Å². The first-order valence-corrected chi connectivity index (χ1v) is 9.96. The minimum Gasteiger partial charge on any atom is -0.376 e. The van der Waals surface area contributed by atoms with Crippen molar-refractivity contribution in [2.45, 2.75) is 25.9 Å². The van der Waals surface area contributed by atoms with Gasteiger partial charge in [-0.1, -0.05) is 39.7 Å². The molecular formula is C22H21BrN2O2. The van der Waals surface area contributed by atoms with Crippen molar-refractivity contribution in [2.75, 3.05) is 13.2 Å². The van der Waals surface area contributed by atoms with Crippen molar-refractivity contribution in [3.63, 3.8) is 0 Å². The Labute approximate surface area is 167 Å². The number of aromatic nitrogens is 1. The number of hydrogen-bond donors (Lipinski definition) is 1. The van der Waals surface area contributed by atoms with E-state index in [0.717, 1.165) is 51.6 Å². The van der Waals surface area contributed by atoms with Gasteiger partial charge >= 0.3 is 0 Å². The Morgan fingerprint density at radius 3 is 2.93 bits per heavy atom. The van der Waals surface area contributed by atoms with E-state index in [1.807, 2.05) is 55.5 Å². The van der Waals surface area contributed by atoms with E-state index in [4.69, 9.17) is 9.72 Å². The van der Waals surface area contributed by atoms with Gasteiger partial charge in [0.2, 0.25) is 0 Å². The number of hydrogen-bond acceptors (Lipinski definition) is 3. The summed E-state index contributed by atoms with van der Waals surface area (Å²) in [4.78, 5) is 17.8. The average molecular weight is 425 g/mol. The van der Waals surface area contributed by atoms with Crippen LogP contribution < -0.4 is 5.32 Å². The van der Waals surface area contributed by atoms with E-state index in [-0.39, 0.29) is 12.0 Å². The van der Waals surface area contributed by atoms with Gasteiger partial charge in [-0.25, -0.2) is 4.98 Å². The van der Waals surface area contributed by atoms with Crippen molar-refractivity contribution in [2.24, 2.45) is 0 Å². The second-order valence-corrected chi connectivity index (χ2v) is 7.85. The maximum atomic E-state index is 13.0. The lowest BCUT2D eigenvalue weighted by atomic mass is 10.0. The van der Waals surface area contributed by atoms with Crippen LogP contribution in [0.4, 0.5) is 0 Å². The Morgan fingerprint density at radius 2 is 2.15 bits per heavy atom. The number of halogens is 1. The number of aryl methyl sites for hydroxylation is 1. The summed E-state index contributed by atoms with van der Waals surface area (Å²) >= 11 is 3.51. The van der Waals surface area contributed by atoms with Crippen molar-refractivity contribution in [3.05, 3.63) is 64.1 Å². The fraction of sp³-hybridized carbons (Fsp3) is 0.273. The van der Waals surface area contributed by atoms with Gasteiger partial charge in [0.1, 0.15) is 0 Å². The molecule has 1 saturated heterocycles. The van der Waals surface area contributed by atoms with Gasteiger partial charge in [-0.2, -0.15) is 0 Å². The van der Waals surface area contributed by atoms with Crippen LogP contribution in [0.25, 0.3) is 22.2 Å². The minimum atomic E-state index is -0.0836. The summed E-state index contributed by atoms with van der Waals surface area (Å²) in [5.41, 5.74) is 4.33. The maximum Gasteiger partial charge on any atom is 0.252 e. The Kier molecular flexibility index (Phi) is 5.23. The second kappa shape index (κ2) is 7.79. The number of carbonyl (C=O) groups excluding carboxylic acids is 1. The van der Waals surface area contributed by atoms with E-state index in [1.165, 1.54) is 0 Å². The third kappa shape index (κ3) is 4.04. The van der Waals surface area contributed by atoms with Crippen molar-refractivity contribution in [3.8, 4) is 11.3 Å². The van der Waals surface area contributed by atoms with E-state index < -0.39 is 0 Å². The first kappa shape index (κ1) is 18.1. The molecule has 0 aliphatic carbocycles. The molecule has 4 nitrogen and oxygen atoms in total. The van der Waals surface area contributed by atoms with Crippen LogP contribution in [-0.2, 0) is 4.74 Å². The normalized spacial score (nSPS) is 16.6. The number of pyridine rings is 1. The predicted octanol–water partition coefficient (Wildman–Crippen LogP) is 4.88. The largest absolute Gasteiger partial charge is 0.376 e. The highest BCUT2D eigenvalue weighted by atomic mass is 79.9. The Bertz CT molecular complexity index is 997. The predicted molar refractivity (Wildman–Crippen MR) is 111 cm³/mol. The molecule has 1 N–H and O–H groups in total. The lowest BCUT2D eigenvalue weighted by Gasteiger charge is -2.14. The molecule has 1 aromatic heterocycles. The van der Waals surface area contributed by atoms with Crippen molar-refractivity contribution >= 4 is 32.7 Å². The van der Waals surface area contributed by atoms with Crippen LogP contribution >= 0.6 is 15.9 Å². The lowest BCUT2D eigenvalue weighted by Crippen LogP contribution is -2.32. The number of fused-ring (bicyclic) bond motifs is 1. The molecule has 3 aromatic rings. The summed E-state index contributed by atoms with van der Waals surface area (Å²) in [6.07, 6.45) is 2.18. The molecular weight excluding hydrogens is 404 g/mol. The van der Waals surface area contributed by atoms with Crippen LogP contribution in [0.15, 0.2) is 53.0 Å². The lowest BCUT2D eigenvalue weighted by molar-refractivity contribution is 0.0859. The number of amides is 1. The smallest absolute Gasteiger partial charge is 0.252 e. The Balaban J connectivity index is 1.74. The minimum absolute atomic E-state index is 0.0836. The number of ether oxygens (including phenoxy) is 1. The molecule has 1 aliphatic heterocycles. The molecule has 4 rings (SSSR count). The number of nitrogens with zero attached hydrogens (tertiary/aromatic N) is 1. The van der Waals surface area contributed by atoms with Crippen LogP contribution in [0.3, 0.4) is 0 Å². The summed E-state index contributed by atoms with van der Waals surface area (Å²) in [7, 11) is 0. The molecule has 27 heavy (non-hydrogen) atoms. The van der Waals surface area contributed by atoms with Crippen LogP contribution in [0.5, 0.6) is 0 Å². The molecule has 0 saturated carbocycles. The summed E-state index contributed by atoms with van der Waals surface area (Å²) in [5.74, 6) is -0.0836. The molecule has 0 spiro atoms. The highest BCUT2D eigenvalue weighted by Gasteiger charge is 2.19. The summed E-state index contributed by atoms with van der Waals surface area (Å²) in [6.45, 7) is 3.35. The number of benzene rings is 2. The average Bonchev–Trinajstić information content (AvgIpc) is 3.19. The van der Waals surface area contributed by atoms with Crippen LogP contribution in [-0.4, -0.2) is 30.1 Å². The van der Waals surface area contributed by atoms with Gasteiger partial charge in [0.25, 0.3) is 5.91 Å². The van der Waals surface area contributed by atoms with Crippen molar-refractivity contribution in [1.82, 2.24) is 10.3 Å². The maximum absolute atomic E-state index is 13.0. The standard InChI is InChI=1S/C22H21BrN2O2/c1-14-7-8-20-18(10-14)19(22(26)24-13-17-6-3-9-27-17)12-21(25-20)15-4-2-5-16(23)11-15/h2,4-5,7-8,10-12,17H,3,6,9,13H2,1H3,(H,24,26)/t17-/m1/s1. The van der Waals surface area contributed by atoms with Crippen molar-refractivity contribution in [1.29, 1.82) is 0 Å². The first-order valence-electron chi connectivity index (χ1n) is 9.17. The fourth-order valence-corrected chi connectivity index (χ4v) is 3.83. The molecule has 0 unspecified atom stereocenters. The van der Waals surface area contributed by atoms with E-state index in [9.17, 15) is 4.79 Å². The molecule has 1 aliphatic rings. The highest BCUT2D eigenvalue weighted by Crippen LogP contribution is 2.27. The zero-order valence-corrected chi connectivity index (χ0v) is 16.8. The number of nitrogens with one attached hydrogen (secondary N) is 1. The molecule has 1 amide bonds. The molecule has 1 atom stereocenters. The molecule has 0 radical (unpaired) electrons. The zero-order valence-electron chi connectivity index (χ0n) is 15.2. The van der Waals surface area contributed by atoms with Crippen LogP contribution in [0.1, 0.15) is 28.8 Å². The van der Waals surface area contributed by atoms with E-state index in [2.05, 4.69) is 21.2 Å². The first-order chi connectivity index (χ1) is 13.1. The molecule has 5 heteroatoms. The Hall–Kier alpha value is -2.24. The van der Waals surface area contributed by atoms with Gasteiger partial charge in [-0.3, -0.25) is 4.79 Å². The van der Waals surface area contributed by atoms with Gasteiger partial charge in [-0.15, -0.1) is 0 Å². The molecule has 138 valence electrons. The fourth-order valence-electron chi connectivity index (χ4n) is 3.43. The Morgan fingerprint density at radius 1 is 1.26 bits per heavy atom. The molecule has 1 fully saturated rings. The monoisotopic (exact) mass is 424 g/mol. The van der Waals surface area contributed by atoms with E-state index >= 15 is 0 Å². The summed E-state index contributed by atoms with van der Waals surface area (Å²) < 4.78 is 6.60. The van der Waals surface area contributed by atoms with E-state index in [1.54, 1.807) is 0 Å². The van der Waals surface area contributed by atoms with Gasteiger partial charge in [0.15, 0.2) is 0 Å². The molecule has 2 aromatic carbocycles. The van der Waals surface area contributed by atoms with Gasteiger partial charge in [0, 0.05) is 28.6 Å². The van der Waals surface area contributed by atoms with Crippen LogP contribution in [0.2, 0.25) is 0 Å². The zero-order chi connectivity index (χ0) is 18.8.